The molecule has 1 saturated carbocycles. The Morgan fingerprint density at radius 1 is 1.30 bits per heavy atom. The minimum Gasteiger partial charge on any atom is -0.337 e. The SMILES string of the molecule is CN(C(=O)c1n[nH]c2ccc([N+](=O)[O-])cc12)C1CCCCCC1. The highest BCUT2D eigenvalue weighted by molar-refractivity contribution is 6.05. The van der Waals surface area contributed by atoms with Crippen molar-refractivity contribution < 1.29 is 9.72 Å². The molecule has 1 aromatic carbocycles. The second-order valence-corrected chi connectivity index (χ2v) is 6.12. The average Bonchev–Trinajstić information content (AvgIpc) is 2.78. The molecule has 23 heavy (non-hydrogen) atoms. The molecular formula is C16H20N4O3. The topological polar surface area (TPSA) is 92.1 Å². The van der Waals surface area contributed by atoms with Gasteiger partial charge in [-0.3, -0.25) is 20.0 Å². The number of hydrogen-bond acceptors (Lipinski definition) is 4. The van der Waals surface area contributed by atoms with Crippen LogP contribution in [0, 0.1) is 10.1 Å². The number of nitrogens with zero attached hydrogens (tertiary/aromatic N) is 3. The van der Waals surface area contributed by atoms with Gasteiger partial charge in [-0.15, -0.1) is 0 Å². The van der Waals surface area contributed by atoms with Gasteiger partial charge in [0.15, 0.2) is 5.69 Å². The Kier molecular flexibility index (Phi) is 4.27. The van der Waals surface area contributed by atoms with E-state index in [0.717, 1.165) is 25.7 Å². The molecule has 0 atom stereocenters. The van der Waals surface area contributed by atoms with E-state index >= 15 is 0 Å². The highest BCUT2D eigenvalue weighted by Gasteiger charge is 2.25. The van der Waals surface area contributed by atoms with Crippen molar-refractivity contribution in [3.63, 3.8) is 0 Å². The van der Waals surface area contributed by atoms with Gasteiger partial charge in [0.25, 0.3) is 11.6 Å². The number of hydrogen-bond donors (Lipinski definition) is 1. The van der Waals surface area contributed by atoms with Gasteiger partial charge < -0.3 is 4.90 Å². The number of non-ortho nitro benzene ring substituents is 1. The number of amides is 1. The molecule has 0 spiro atoms. The van der Waals surface area contributed by atoms with Gasteiger partial charge in [-0.2, -0.15) is 5.10 Å². The number of rotatable bonds is 3. The van der Waals surface area contributed by atoms with E-state index in [1.165, 1.54) is 25.0 Å². The molecule has 0 saturated heterocycles. The van der Waals surface area contributed by atoms with Gasteiger partial charge in [-0.05, 0) is 18.9 Å². The number of aromatic amines is 1. The third-order valence-corrected chi connectivity index (χ3v) is 4.65. The maximum absolute atomic E-state index is 12.8. The third-order valence-electron chi connectivity index (χ3n) is 4.65. The lowest BCUT2D eigenvalue weighted by atomic mass is 10.1. The van der Waals surface area contributed by atoms with Crippen LogP contribution in [-0.2, 0) is 0 Å². The Morgan fingerprint density at radius 2 is 2.00 bits per heavy atom. The molecule has 1 aromatic heterocycles. The van der Waals surface area contributed by atoms with Gasteiger partial charge in [0.2, 0.25) is 0 Å². The normalized spacial score (nSPS) is 16.2. The number of aromatic nitrogens is 2. The summed E-state index contributed by atoms with van der Waals surface area (Å²) < 4.78 is 0. The number of nitro benzene ring substituents is 1. The van der Waals surface area contributed by atoms with Crippen LogP contribution < -0.4 is 0 Å². The van der Waals surface area contributed by atoms with Gasteiger partial charge in [0, 0.05) is 30.6 Å². The number of carbonyl (C=O) groups excluding carboxylic acids is 1. The molecule has 7 nitrogen and oxygen atoms in total. The monoisotopic (exact) mass is 316 g/mol. The zero-order valence-electron chi connectivity index (χ0n) is 13.1. The number of H-pyrrole nitrogens is 1. The molecule has 1 aliphatic rings. The zero-order chi connectivity index (χ0) is 16.4. The summed E-state index contributed by atoms with van der Waals surface area (Å²) in [7, 11) is 1.80. The predicted molar refractivity (Wildman–Crippen MR) is 86.3 cm³/mol. The largest absolute Gasteiger partial charge is 0.337 e. The molecule has 2 aromatic rings. The Balaban J connectivity index is 1.90. The molecule has 0 unspecified atom stereocenters. The van der Waals surface area contributed by atoms with Crippen LogP contribution in [-0.4, -0.2) is 39.0 Å². The highest BCUT2D eigenvalue weighted by atomic mass is 16.6. The molecule has 0 bridgehead atoms. The quantitative estimate of drug-likeness (QED) is 0.534. The van der Waals surface area contributed by atoms with E-state index in [2.05, 4.69) is 10.2 Å². The summed E-state index contributed by atoms with van der Waals surface area (Å²) in [6, 6.07) is 4.62. The molecule has 0 radical (unpaired) electrons. The number of nitrogens with one attached hydrogen (secondary N) is 1. The van der Waals surface area contributed by atoms with Gasteiger partial charge in [0.05, 0.1) is 10.4 Å². The number of benzene rings is 1. The second kappa shape index (κ2) is 6.36. The molecule has 7 heteroatoms. The van der Waals surface area contributed by atoms with Gasteiger partial charge >= 0.3 is 0 Å². The van der Waals surface area contributed by atoms with Gasteiger partial charge in [0.1, 0.15) is 0 Å². The molecule has 1 aliphatic carbocycles. The van der Waals surface area contributed by atoms with Crippen molar-refractivity contribution in [3.05, 3.63) is 34.0 Å². The lowest BCUT2D eigenvalue weighted by Gasteiger charge is -2.26. The minimum absolute atomic E-state index is 0.0370. The first-order valence-corrected chi connectivity index (χ1v) is 7.97. The Bertz CT molecular complexity index is 732. The lowest BCUT2D eigenvalue weighted by molar-refractivity contribution is -0.384. The third kappa shape index (κ3) is 3.04. The van der Waals surface area contributed by atoms with E-state index in [0.29, 0.717) is 10.9 Å². The van der Waals surface area contributed by atoms with Gasteiger partial charge in [-0.1, -0.05) is 25.7 Å². The molecule has 3 rings (SSSR count). The first kappa shape index (κ1) is 15.5. The standard InChI is InChI=1S/C16H20N4O3/c1-19(11-6-4-2-3-5-7-11)16(21)15-13-10-12(20(22)23)8-9-14(13)17-18-15/h8-11H,2-7H2,1H3,(H,17,18). The van der Waals surface area contributed by atoms with Crippen molar-refractivity contribution >= 4 is 22.5 Å². The lowest BCUT2D eigenvalue weighted by Crippen LogP contribution is -2.37. The van der Waals surface area contributed by atoms with Crippen LogP contribution in [0.4, 0.5) is 5.69 Å². The summed E-state index contributed by atoms with van der Waals surface area (Å²) in [4.78, 5) is 25.0. The Labute approximate surface area is 133 Å². The fourth-order valence-electron chi connectivity index (χ4n) is 3.26. The summed E-state index contributed by atoms with van der Waals surface area (Å²) in [6.45, 7) is 0. The highest BCUT2D eigenvalue weighted by Crippen LogP contribution is 2.26. The summed E-state index contributed by atoms with van der Waals surface area (Å²) in [6.07, 6.45) is 6.71. The average molecular weight is 316 g/mol. The van der Waals surface area contributed by atoms with Crippen LogP contribution >= 0.6 is 0 Å². The fraction of sp³-hybridized carbons (Fsp3) is 0.500. The zero-order valence-corrected chi connectivity index (χ0v) is 13.1. The maximum atomic E-state index is 12.8. The second-order valence-electron chi connectivity index (χ2n) is 6.12. The van der Waals surface area contributed by atoms with Crippen molar-refractivity contribution in [2.24, 2.45) is 0 Å². The van der Waals surface area contributed by atoms with E-state index in [-0.39, 0.29) is 23.3 Å². The van der Waals surface area contributed by atoms with Crippen molar-refractivity contribution in [1.82, 2.24) is 15.1 Å². The van der Waals surface area contributed by atoms with Crippen LogP contribution in [0.2, 0.25) is 0 Å². The van der Waals surface area contributed by atoms with Crippen LogP contribution in [0.15, 0.2) is 18.2 Å². The van der Waals surface area contributed by atoms with Crippen molar-refractivity contribution in [1.29, 1.82) is 0 Å². The molecule has 0 aliphatic heterocycles. The Hall–Kier alpha value is -2.44. The summed E-state index contributed by atoms with van der Waals surface area (Å²) in [5.74, 6) is -0.177. The molecule has 122 valence electrons. The number of nitro groups is 1. The van der Waals surface area contributed by atoms with Crippen LogP contribution in [0.3, 0.4) is 0 Å². The molecular weight excluding hydrogens is 296 g/mol. The fourth-order valence-corrected chi connectivity index (χ4v) is 3.26. The van der Waals surface area contributed by atoms with Crippen LogP contribution in [0.25, 0.3) is 10.9 Å². The first-order chi connectivity index (χ1) is 11.1. The summed E-state index contributed by atoms with van der Waals surface area (Å²) in [5.41, 5.74) is 0.855. The van der Waals surface area contributed by atoms with Crippen molar-refractivity contribution in [3.8, 4) is 0 Å². The summed E-state index contributed by atoms with van der Waals surface area (Å²) >= 11 is 0. The predicted octanol–water partition coefficient (Wildman–Crippen LogP) is 3.27. The summed E-state index contributed by atoms with van der Waals surface area (Å²) in [5, 5.41) is 18.3. The molecule has 1 fully saturated rings. The molecule has 1 amide bonds. The van der Waals surface area contributed by atoms with Crippen molar-refractivity contribution in [2.45, 2.75) is 44.6 Å². The van der Waals surface area contributed by atoms with E-state index in [9.17, 15) is 14.9 Å². The van der Waals surface area contributed by atoms with Crippen molar-refractivity contribution in [2.75, 3.05) is 7.05 Å². The van der Waals surface area contributed by atoms with E-state index < -0.39 is 4.92 Å². The first-order valence-electron chi connectivity index (χ1n) is 7.97. The minimum atomic E-state index is -0.463. The molecule has 1 heterocycles. The van der Waals surface area contributed by atoms with E-state index in [1.807, 2.05) is 0 Å². The van der Waals surface area contributed by atoms with Gasteiger partial charge in [-0.25, -0.2) is 0 Å². The van der Waals surface area contributed by atoms with Crippen LogP contribution in [0.5, 0.6) is 0 Å². The maximum Gasteiger partial charge on any atom is 0.274 e. The van der Waals surface area contributed by atoms with E-state index in [1.54, 1.807) is 18.0 Å². The smallest absolute Gasteiger partial charge is 0.274 e. The Morgan fingerprint density at radius 3 is 2.65 bits per heavy atom. The number of fused-ring (bicyclic) bond motifs is 1. The number of carbonyl (C=O) groups is 1. The van der Waals surface area contributed by atoms with Crippen LogP contribution in [0.1, 0.15) is 49.0 Å². The molecule has 1 N–H and O–H groups in total. The van der Waals surface area contributed by atoms with E-state index in [4.69, 9.17) is 0 Å².